The summed E-state index contributed by atoms with van der Waals surface area (Å²) in [4.78, 5) is 12.5. The van der Waals surface area contributed by atoms with Crippen molar-refractivity contribution in [2.45, 2.75) is 24.8 Å². The second-order valence-electron chi connectivity index (χ2n) is 7.02. The fraction of sp³-hybridized carbons (Fsp3) is 0.217. The van der Waals surface area contributed by atoms with Crippen LogP contribution in [-0.4, -0.2) is 42.9 Å². The number of nitrogens with one attached hydrogen (secondary N) is 2. The van der Waals surface area contributed by atoms with Crippen molar-refractivity contribution >= 4 is 38.9 Å². The third-order valence-electron chi connectivity index (χ3n) is 4.13. The van der Waals surface area contributed by atoms with Gasteiger partial charge in [0.1, 0.15) is 5.75 Å². The Morgan fingerprint density at radius 3 is 2.12 bits per heavy atom. The third kappa shape index (κ3) is 7.01. The quantitative estimate of drug-likeness (QED) is 0.401. The predicted octanol–water partition coefficient (Wildman–Crippen LogP) is 3.96. The summed E-state index contributed by atoms with van der Waals surface area (Å²) in [5.41, 5.74) is 0.963. The number of thiocarbonyl (C=S) groups is 1. The van der Waals surface area contributed by atoms with Crippen LogP contribution in [0.3, 0.4) is 0 Å². The molecule has 0 bridgehead atoms. The minimum atomic E-state index is -3.69. The number of nitrogens with zero attached hydrogens (tertiary/aromatic N) is 1. The summed E-state index contributed by atoms with van der Waals surface area (Å²) in [5.74, 6) is 0.300. The summed E-state index contributed by atoms with van der Waals surface area (Å²) in [6.45, 7) is 11.4. The Hall–Kier alpha value is -3.01. The Morgan fingerprint density at radius 1 is 1.06 bits per heavy atom. The number of carbonyl (C=O) groups excluding carboxylic acids is 1. The van der Waals surface area contributed by atoms with Gasteiger partial charge in [0.2, 0.25) is 10.0 Å². The van der Waals surface area contributed by atoms with Crippen molar-refractivity contribution in [1.82, 2.24) is 9.62 Å². The van der Waals surface area contributed by atoms with Crippen LogP contribution >= 0.6 is 12.2 Å². The number of anilines is 1. The molecule has 0 saturated carbocycles. The van der Waals surface area contributed by atoms with E-state index in [1.165, 1.54) is 28.6 Å². The van der Waals surface area contributed by atoms with Crippen LogP contribution in [-0.2, 0) is 10.0 Å². The van der Waals surface area contributed by atoms with Crippen LogP contribution in [0.2, 0.25) is 0 Å². The standard InChI is InChI=1S/C23H27N3O4S2/c1-5-15-26(16-6-2)32(28,29)21-13-9-19(10-14-21)24-23(31)25-22(27)18-7-11-20(12-8-18)30-17(3)4/h5-14,17H,1-2,15-16H2,3-4H3,(H2,24,25,27,31). The average molecular weight is 474 g/mol. The van der Waals surface area contributed by atoms with Gasteiger partial charge in [0.15, 0.2) is 5.11 Å². The number of hydrogen-bond donors (Lipinski definition) is 2. The summed E-state index contributed by atoms with van der Waals surface area (Å²) in [5, 5.41) is 5.56. The van der Waals surface area contributed by atoms with Crippen LogP contribution < -0.4 is 15.4 Å². The first kappa shape index (κ1) is 25.3. The molecule has 2 aromatic carbocycles. The van der Waals surface area contributed by atoms with E-state index in [1.807, 2.05) is 13.8 Å². The zero-order valence-electron chi connectivity index (χ0n) is 18.1. The van der Waals surface area contributed by atoms with E-state index in [1.54, 1.807) is 36.4 Å². The Morgan fingerprint density at radius 2 is 1.62 bits per heavy atom. The predicted molar refractivity (Wildman–Crippen MR) is 131 cm³/mol. The first-order valence-electron chi connectivity index (χ1n) is 9.88. The topological polar surface area (TPSA) is 87.7 Å². The number of sulfonamides is 1. The highest BCUT2D eigenvalue weighted by atomic mass is 32.2. The van der Waals surface area contributed by atoms with E-state index in [9.17, 15) is 13.2 Å². The molecule has 0 heterocycles. The van der Waals surface area contributed by atoms with Gasteiger partial charge >= 0.3 is 0 Å². The van der Waals surface area contributed by atoms with Gasteiger partial charge < -0.3 is 10.1 Å². The fourth-order valence-corrected chi connectivity index (χ4v) is 4.30. The van der Waals surface area contributed by atoms with Crippen molar-refractivity contribution in [3.8, 4) is 5.75 Å². The molecule has 7 nitrogen and oxygen atoms in total. The van der Waals surface area contributed by atoms with Gasteiger partial charge in [0.25, 0.3) is 5.91 Å². The van der Waals surface area contributed by atoms with Crippen LogP contribution in [0.15, 0.2) is 78.7 Å². The van der Waals surface area contributed by atoms with Crippen molar-refractivity contribution in [3.63, 3.8) is 0 Å². The van der Waals surface area contributed by atoms with Crippen LogP contribution in [0.25, 0.3) is 0 Å². The van der Waals surface area contributed by atoms with Crippen LogP contribution in [0.5, 0.6) is 5.75 Å². The molecule has 0 atom stereocenters. The van der Waals surface area contributed by atoms with Gasteiger partial charge in [0, 0.05) is 24.3 Å². The molecule has 0 unspecified atom stereocenters. The van der Waals surface area contributed by atoms with Crippen molar-refractivity contribution in [3.05, 3.63) is 79.4 Å². The third-order valence-corrected chi connectivity index (χ3v) is 6.18. The maximum Gasteiger partial charge on any atom is 0.257 e. The average Bonchev–Trinajstić information content (AvgIpc) is 2.74. The number of benzene rings is 2. The SMILES string of the molecule is C=CCN(CC=C)S(=O)(=O)c1ccc(NC(=S)NC(=O)c2ccc(OC(C)C)cc2)cc1. The highest BCUT2D eigenvalue weighted by molar-refractivity contribution is 7.89. The molecule has 32 heavy (non-hydrogen) atoms. The summed E-state index contributed by atoms with van der Waals surface area (Å²) in [6, 6.07) is 12.8. The highest BCUT2D eigenvalue weighted by Crippen LogP contribution is 2.19. The molecule has 0 aliphatic heterocycles. The number of carbonyl (C=O) groups is 1. The molecule has 9 heteroatoms. The molecule has 0 saturated heterocycles. The van der Waals surface area contributed by atoms with E-state index < -0.39 is 10.0 Å². The summed E-state index contributed by atoms with van der Waals surface area (Å²) in [6.07, 6.45) is 3.08. The summed E-state index contributed by atoms with van der Waals surface area (Å²) in [7, 11) is -3.69. The van der Waals surface area contributed by atoms with Crippen molar-refractivity contribution < 1.29 is 17.9 Å². The zero-order chi connectivity index (χ0) is 23.7. The second kappa shape index (κ2) is 11.6. The Balaban J connectivity index is 2.01. The lowest BCUT2D eigenvalue weighted by Gasteiger charge is -2.19. The number of ether oxygens (including phenoxy) is 1. The van der Waals surface area contributed by atoms with Gasteiger partial charge in [-0.2, -0.15) is 4.31 Å². The lowest BCUT2D eigenvalue weighted by molar-refractivity contribution is 0.0977. The van der Waals surface area contributed by atoms with E-state index in [4.69, 9.17) is 17.0 Å². The monoisotopic (exact) mass is 473 g/mol. The van der Waals surface area contributed by atoms with Crippen LogP contribution in [0.4, 0.5) is 5.69 Å². The minimum Gasteiger partial charge on any atom is -0.491 e. The molecule has 170 valence electrons. The Labute approximate surface area is 194 Å². The van der Waals surface area contributed by atoms with E-state index in [0.717, 1.165) is 0 Å². The molecule has 1 amide bonds. The van der Waals surface area contributed by atoms with Gasteiger partial charge in [-0.15, -0.1) is 13.2 Å². The smallest absolute Gasteiger partial charge is 0.257 e. The van der Waals surface area contributed by atoms with E-state index in [0.29, 0.717) is 17.0 Å². The molecule has 0 fully saturated rings. The van der Waals surface area contributed by atoms with Gasteiger partial charge in [-0.3, -0.25) is 10.1 Å². The van der Waals surface area contributed by atoms with Crippen molar-refractivity contribution in [2.24, 2.45) is 0 Å². The number of hydrogen-bond acceptors (Lipinski definition) is 5. The lowest BCUT2D eigenvalue weighted by atomic mass is 10.2. The Kier molecular flexibility index (Phi) is 9.13. The van der Waals surface area contributed by atoms with E-state index in [-0.39, 0.29) is 35.1 Å². The molecule has 2 N–H and O–H groups in total. The summed E-state index contributed by atoms with van der Waals surface area (Å²) < 4.78 is 32.3. The molecule has 0 aromatic heterocycles. The molecular weight excluding hydrogens is 446 g/mol. The largest absolute Gasteiger partial charge is 0.491 e. The molecule has 2 rings (SSSR count). The van der Waals surface area contributed by atoms with Crippen LogP contribution in [0.1, 0.15) is 24.2 Å². The first-order valence-corrected chi connectivity index (χ1v) is 11.7. The lowest BCUT2D eigenvalue weighted by Crippen LogP contribution is -2.34. The maximum atomic E-state index is 12.7. The van der Waals surface area contributed by atoms with Crippen molar-refractivity contribution in [2.75, 3.05) is 18.4 Å². The number of amides is 1. The normalized spacial score (nSPS) is 11.1. The van der Waals surface area contributed by atoms with Crippen molar-refractivity contribution in [1.29, 1.82) is 0 Å². The van der Waals surface area contributed by atoms with Gasteiger partial charge in [-0.1, -0.05) is 12.2 Å². The van der Waals surface area contributed by atoms with Gasteiger partial charge in [-0.25, -0.2) is 8.42 Å². The fourth-order valence-electron chi connectivity index (χ4n) is 2.71. The molecule has 0 radical (unpaired) electrons. The zero-order valence-corrected chi connectivity index (χ0v) is 19.7. The van der Waals surface area contributed by atoms with Gasteiger partial charge in [-0.05, 0) is 74.6 Å². The van der Waals surface area contributed by atoms with E-state index >= 15 is 0 Å². The van der Waals surface area contributed by atoms with Gasteiger partial charge in [0.05, 0.1) is 11.0 Å². The maximum absolute atomic E-state index is 12.7. The Bertz CT molecular complexity index is 1050. The second-order valence-corrected chi connectivity index (χ2v) is 9.37. The summed E-state index contributed by atoms with van der Waals surface area (Å²) >= 11 is 5.20. The molecule has 0 aliphatic rings. The number of rotatable bonds is 10. The molecular formula is C23H27N3O4S2. The molecule has 2 aromatic rings. The van der Waals surface area contributed by atoms with E-state index in [2.05, 4.69) is 23.8 Å². The molecule has 0 aliphatic carbocycles. The minimum absolute atomic E-state index is 0.0416. The first-order chi connectivity index (χ1) is 15.2. The molecule has 0 spiro atoms. The van der Waals surface area contributed by atoms with Crippen LogP contribution in [0, 0.1) is 0 Å². The highest BCUT2D eigenvalue weighted by Gasteiger charge is 2.22.